The summed E-state index contributed by atoms with van der Waals surface area (Å²) in [5.74, 6) is 1.36. The first-order chi connectivity index (χ1) is 12.7. The highest BCUT2D eigenvalue weighted by Gasteiger charge is 2.28. The van der Waals surface area contributed by atoms with Crippen molar-refractivity contribution >= 4 is 29.1 Å². The fourth-order valence-corrected chi connectivity index (χ4v) is 3.62. The first kappa shape index (κ1) is 16.8. The van der Waals surface area contributed by atoms with Gasteiger partial charge in [0.15, 0.2) is 5.82 Å². The van der Waals surface area contributed by atoms with Gasteiger partial charge < -0.3 is 10.2 Å². The Morgan fingerprint density at radius 3 is 2.96 bits per heavy atom. The van der Waals surface area contributed by atoms with Gasteiger partial charge in [0.1, 0.15) is 0 Å². The molecule has 1 aromatic heterocycles. The normalized spacial score (nSPS) is 15.8. The van der Waals surface area contributed by atoms with Crippen LogP contribution < -0.4 is 10.2 Å². The second-order valence-electron chi connectivity index (χ2n) is 6.50. The summed E-state index contributed by atoms with van der Waals surface area (Å²) >= 11 is 6.03. The largest absolute Gasteiger partial charge is 0.353 e. The lowest BCUT2D eigenvalue weighted by Gasteiger charge is -2.23. The van der Waals surface area contributed by atoms with E-state index in [-0.39, 0.29) is 0 Å². The van der Waals surface area contributed by atoms with Crippen LogP contribution in [0.2, 0.25) is 5.02 Å². The van der Waals surface area contributed by atoms with Gasteiger partial charge in [-0.3, -0.25) is 0 Å². The second kappa shape index (κ2) is 7.30. The molecule has 1 aliphatic heterocycles. The number of benzene rings is 2. The molecular weight excluding hydrogens is 346 g/mol. The van der Waals surface area contributed by atoms with Crippen LogP contribution in [-0.4, -0.2) is 27.8 Å². The Labute approximate surface area is 158 Å². The van der Waals surface area contributed by atoms with Crippen molar-refractivity contribution in [3.8, 4) is 0 Å². The molecule has 0 fully saturated rings. The Balaban J connectivity index is 1.47. The maximum Gasteiger partial charge on any atom is 0.244 e. The minimum atomic E-state index is 0.350. The molecule has 3 aromatic rings. The Bertz CT molecular complexity index is 914. The van der Waals surface area contributed by atoms with Crippen LogP contribution in [0.3, 0.4) is 0 Å². The number of nitrogens with one attached hydrogen (secondary N) is 1. The van der Waals surface area contributed by atoms with Crippen molar-refractivity contribution in [1.29, 1.82) is 0 Å². The van der Waals surface area contributed by atoms with E-state index in [1.807, 2.05) is 18.2 Å². The Morgan fingerprint density at radius 2 is 2.08 bits per heavy atom. The summed E-state index contributed by atoms with van der Waals surface area (Å²) in [6.45, 7) is 2.92. The zero-order valence-electron chi connectivity index (χ0n) is 14.6. The molecule has 0 saturated heterocycles. The lowest BCUT2D eigenvalue weighted by Crippen LogP contribution is -2.25. The third-order valence-corrected chi connectivity index (χ3v) is 4.82. The molecular formula is C20H20ClN5. The number of para-hydroxylation sites is 1. The molecule has 0 amide bonds. The number of rotatable bonds is 5. The summed E-state index contributed by atoms with van der Waals surface area (Å²) in [6, 6.07) is 16.7. The van der Waals surface area contributed by atoms with Crippen molar-refractivity contribution in [3.63, 3.8) is 0 Å². The van der Waals surface area contributed by atoms with Crippen LogP contribution in [0.15, 0.2) is 54.7 Å². The smallest absolute Gasteiger partial charge is 0.244 e. The van der Waals surface area contributed by atoms with E-state index >= 15 is 0 Å². The number of halogens is 1. The van der Waals surface area contributed by atoms with Gasteiger partial charge >= 0.3 is 0 Å². The maximum atomic E-state index is 6.03. The average Bonchev–Trinajstić information content (AvgIpc) is 2.98. The fourth-order valence-electron chi connectivity index (χ4n) is 3.41. The van der Waals surface area contributed by atoms with E-state index in [2.05, 4.69) is 62.7 Å². The first-order valence-corrected chi connectivity index (χ1v) is 9.14. The van der Waals surface area contributed by atoms with Crippen molar-refractivity contribution in [1.82, 2.24) is 15.2 Å². The van der Waals surface area contributed by atoms with Crippen molar-refractivity contribution < 1.29 is 0 Å². The molecule has 6 heteroatoms. The van der Waals surface area contributed by atoms with Crippen LogP contribution >= 0.6 is 11.6 Å². The van der Waals surface area contributed by atoms with E-state index in [0.717, 1.165) is 30.2 Å². The van der Waals surface area contributed by atoms with Crippen LogP contribution in [-0.2, 0) is 12.8 Å². The van der Waals surface area contributed by atoms with Gasteiger partial charge in [-0.05, 0) is 49.1 Å². The highest BCUT2D eigenvalue weighted by molar-refractivity contribution is 6.30. The zero-order chi connectivity index (χ0) is 17.9. The van der Waals surface area contributed by atoms with Crippen molar-refractivity contribution in [2.45, 2.75) is 25.8 Å². The number of hydrogen-bond donors (Lipinski definition) is 1. The standard InChI is InChI=1S/C20H20ClN5/c1-14-11-16-6-2-3-8-18(16)26(14)19-13-23-25-20(24-19)22-10-9-15-5-4-7-17(21)12-15/h2-8,12-14H,9-11H2,1H3,(H,22,24,25). The van der Waals surface area contributed by atoms with Crippen LogP contribution in [0.5, 0.6) is 0 Å². The number of nitrogens with zero attached hydrogens (tertiary/aromatic N) is 4. The molecule has 1 unspecified atom stereocenters. The Hall–Kier alpha value is -2.66. The van der Waals surface area contributed by atoms with Gasteiger partial charge in [-0.15, -0.1) is 5.10 Å². The SMILES string of the molecule is CC1Cc2ccccc2N1c1cnnc(NCCc2cccc(Cl)c2)n1. The minimum Gasteiger partial charge on any atom is -0.353 e. The van der Waals surface area contributed by atoms with Crippen LogP contribution in [0.4, 0.5) is 17.5 Å². The average molecular weight is 366 g/mol. The van der Waals surface area contributed by atoms with E-state index in [1.165, 1.54) is 16.8 Å². The second-order valence-corrected chi connectivity index (χ2v) is 6.93. The Morgan fingerprint density at radius 1 is 1.19 bits per heavy atom. The topological polar surface area (TPSA) is 53.9 Å². The molecule has 2 aromatic carbocycles. The third-order valence-electron chi connectivity index (χ3n) is 4.59. The van der Waals surface area contributed by atoms with Crippen molar-refractivity contribution in [3.05, 3.63) is 70.9 Å². The molecule has 0 aliphatic carbocycles. The van der Waals surface area contributed by atoms with E-state index in [0.29, 0.717) is 12.0 Å². The molecule has 2 heterocycles. The summed E-state index contributed by atoms with van der Waals surface area (Å²) in [4.78, 5) is 6.90. The molecule has 0 bridgehead atoms. The van der Waals surface area contributed by atoms with Crippen molar-refractivity contribution in [2.24, 2.45) is 0 Å². The monoisotopic (exact) mass is 365 g/mol. The van der Waals surface area contributed by atoms with E-state index < -0.39 is 0 Å². The predicted octanol–water partition coefficient (Wildman–Crippen LogP) is 4.26. The molecule has 26 heavy (non-hydrogen) atoms. The van der Waals surface area contributed by atoms with Gasteiger partial charge in [0.25, 0.3) is 0 Å². The molecule has 1 atom stereocenters. The summed E-state index contributed by atoms with van der Waals surface area (Å²) in [5, 5.41) is 12.3. The molecule has 1 N–H and O–H groups in total. The summed E-state index contributed by atoms with van der Waals surface area (Å²) in [5.41, 5.74) is 3.72. The van der Waals surface area contributed by atoms with E-state index in [9.17, 15) is 0 Å². The Kier molecular flexibility index (Phi) is 4.71. The van der Waals surface area contributed by atoms with E-state index in [4.69, 9.17) is 11.6 Å². The lowest BCUT2D eigenvalue weighted by molar-refractivity contribution is 0.744. The minimum absolute atomic E-state index is 0.350. The first-order valence-electron chi connectivity index (χ1n) is 8.76. The van der Waals surface area contributed by atoms with Gasteiger partial charge in [-0.1, -0.05) is 41.9 Å². The van der Waals surface area contributed by atoms with Crippen LogP contribution in [0.1, 0.15) is 18.1 Å². The third kappa shape index (κ3) is 3.48. The van der Waals surface area contributed by atoms with Crippen LogP contribution in [0.25, 0.3) is 0 Å². The van der Waals surface area contributed by atoms with E-state index in [1.54, 1.807) is 6.20 Å². The number of hydrogen-bond acceptors (Lipinski definition) is 5. The van der Waals surface area contributed by atoms with Gasteiger partial charge in [0.05, 0.1) is 6.20 Å². The molecule has 5 nitrogen and oxygen atoms in total. The number of aromatic nitrogens is 3. The maximum absolute atomic E-state index is 6.03. The van der Waals surface area contributed by atoms with Crippen LogP contribution in [0, 0.1) is 0 Å². The van der Waals surface area contributed by atoms with Crippen molar-refractivity contribution in [2.75, 3.05) is 16.8 Å². The summed E-state index contributed by atoms with van der Waals surface area (Å²) in [7, 11) is 0. The van der Waals surface area contributed by atoms with Gasteiger partial charge in [0.2, 0.25) is 5.95 Å². The summed E-state index contributed by atoms with van der Waals surface area (Å²) < 4.78 is 0. The quantitative estimate of drug-likeness (QED) is 0.732. The predicted molar refractivity (Wildman–Crippen MR) is 105 cm³/mol. The highest BCUT2D eigenvalue weighted by Crippen LogP contribution is 2.36. The lowest BCUT2D eigenvalue weighted by atomic mass is 10.1. The van der Waals surface area contributed by atoms with Gasteiger partial charge in [0, 0.05) is 23.3 Å². The molecule has 1 aliphatic rings. The van der Waals surface area contributed by atoms with Gasteiger partial charge in [-0.25, -0.2) is 0 Å². The molecule has 0 saturated carbocycles. The van der Waals surface area contributed by atoms with Gasteiger partial charge in [-0.2, -0.15) is 10.1 Å². The molecule has 0 radical (unpaired) electrons. The number of fused-ring (bicyclic) bond motifs is 1. The highest BCUT2D eigenvalue weighted by atomic mass is 35.5. The fraction of sp³-hybridized carbons (Fsp3) is 0.250. The molecule has 0 spiro atoms. The zero-order valence-corrected chi connectivity index (χ0v) is 15.3. The molecule has 4 rings (SSSR count). The number of anilines is 3. The molecule has 132 valence electrons. The summed E-state index contributed by atoms with van der Waals surface area (Å²) in [6.07, 6.45) is 3.58.